The second kappa shape index (κ2) is 4.60. The maximum absolute atomic E-state index is 9.83. The van der Waals surface area contributed by atoms with Crippen molar-refractivity contribution in [2.45, 2.75) is 56.7 Å². The minimum absolute atomic E-state index is 0.151. The summed E-state index contributed by atoms with van der Waals surface area (Å²) in [6.07, 6.45) is 6.59. The monoisotopic (exact) mass is 199 g/mol. The molecular weight excluding hydrogens is 178 g/mol. The lowest BCUT2D eigenvalue weighted by atomic mass is 9.99. The Kier molecular flexibility index (Phi) is 3.42. The van der Waals surface area contributed by atoms with E-state index in [-0.39, 0.29) is 12.7 Å². The third-order valence-corrected chi connectivity index (χ3v) is 3.75. The Hall–Kier alpha value is -0.120. The van der Waals surface area contributed by atoms with Crippen LogP contribution in [0.4, 0.5) is 0 Å². The van der Waals surface area contributed by atoms with Crippen molar-refractivity contribution in [2.75, 3.05) is 13.2 Å². The SMILES string of the molecule is OCC1CCCCN1[C@H]1CCC[C@@H]1O. The highest BCUT2D eigenvalue weighted by Gasteiger charge is 2.35. The fourth-order valence-electron chi connectivity index (χ4n) is 2.96. The molecule has 0 spiro atoms. The van der Waals surface area contributed by atoms with Crippen molar-refractivity contribution in [3.05, 3.63) is 0 Å². The lowest BCUT2D eigenvalue weighted by Gasteiger charge is -2.40. The van der Waals surface area contributed by atoms with E-state index in [1.165, 1.54) is 12.8 Å². The molecule has 1 saturated carbocycles. The molecule has 0 aromatic carbocycles. The number of aliphatic hydroxyl groups is 2. The summed E-state index contributed by atoms with van der Waals surface area (Å²) in [4.78, 5) is 2.35. The number of aliphatic hydroxyl groups excluding tert-OH is 2. The Morgan fingerprint density at radius 1 is 1.07 bits per heavy atom. The van der Waals surface area contributed by atoms with E-state index in [1.54, 1.807) is 0 Å². The summed E-state index contributed by atoms with van der Waals surface area (Å²) in [6.45, 7) is 1.32. The van der Waals surface area contributed by atoms with Gasteiger partial charge in [-0.25, -0.2) is 0 Å². The highest BCUT2D eigenvalue weighted by molar-refractivity contribution is 4.90. The van der Waals surface area contributed by atoms with Crippen molar-refractivity contribution in [2.24, 2.45) is 0 Å². The van der Waals surface area contributed by atoms with E-state index in [1.807, 2.05) is 0 Å². The first-order valence-electron chi connectivity index (χ1n) is 5.87. The first kappa shape index (κ1) is 10.4. The molecule has 1 unspecified atom stereocenters. The second-order valence-corrected chi connectivity index (χ2v) is 4.64. The van der Waals surface area contributed by atoms with Crippen molar-refractivity contribution in [1.29, 1.82) is 0 Å². The fraction of sp³-hybridized carbons (Fsp3) is 1.00. The quantitative estimate of drug-likeness (QED) is 0.689. The summed E-state index contributed by atoms with van der Waals surface area (Å²) in [5.41, 5.74) is 0. The zero-order valence-corrected chi connectivity index (χ0v) is 8.73. The van der Waals surface area contributed by atoms with Gasteiger partial charge >= 0.3 is 0 Å². The van der Waals surface area contributed by atoms with Gasteiger partial charge in [-0.2, -0.15) is 0 Å². The van der Waals surface area contributed by atoms with Gasteiger partial charge in [0.25, 0.3) is 0 Å². The van der Waals surface area contributed by atoms with Gasteiger partial charge in [0.2, 0.25) is 0 Å². The zero-order valence-electron chi connectivity index (χ0n) is 8.73. The summed E-state index contributed by atoms with van der Waals surface area (Å²) in [5.74, 6) is 0. The molecule has 1 heterocycles. The third-order valence-electron chi connectivity index (χ3n) is 3.75. The number of nitrogens with zero attached hydrogens (tertiary/aromatic N) is 1. The Labute approximate surface area is 85.7 Å². The highest BCUT2D eigenvalue weighted by atomic mass is 16.3. The average molecular weight is 199 g/mol. The van der Waals surface area contributed by atoms with Crippen LogP contribution in [0.25, 0.3) is 0 Å². The van der Waals surface area contributed by atoms with E-state index in [0.717, 1.165) is 32.2 Å². The Bertz CT molecular complexity index is 186. The van der Waals surface area contributed by atoms with Crippen LogP contribution in [0.3, 0.4) is 0 Å². The number of piperidine rings is 1. The van der Waals surface area contributed by atoms with E-state index >= 15 is 0 Å². The van der Waals surface area contributed by atoms with Crippen LogP contribution in [0.2, 0.25) is 0 Å². The minimum atomic E-state index is -0.151. The topological polar surface area (TPSA) is 43.7 Å². The molecule has 14 heavy (non-hydrogen) atoms. The molecule has 2 aliphatic rings. The lowest BCUT2D eigenvalue weighted by Crippen LogP contribution is -2.50. The van der Waals surface area contributed by atoms with Gasteiger partial charge in [-0.05, 0) is 38.6 Å². The summed E-state index contributed by atoms with van der Waals surface area (Å²) in [6, 6.07) is 0.633. The fourth-order valence-corrected chi connectivity index (χ4v) is 2.96. The minimum Gasteiger partial charge on any atom is -0.395 e. The molecule has 2 N–H and O–H groups in total. The van der Waals surface area contributed by atoms with Crippen molar-refractivity contribution >= 4 is 0 Å². The predicted molar refractivity (Wildman–Crippen MR) is 55.1 cm³/mol. The van der Waals surface area contributed by atoms with Crippen molar-refractivity contribution in [3.63, 3.8) is 0 Å². The molecule has 3 atom stereocenters. The summed E-state index contributed by atoms with van der Waals surface area (Å²) in [5, 5.41) is 19.1. The van der Waals surface area contributed by atoms with Gasteiger partial charge < -0.3 is 10.2 Å². The number of likely N-dealkylation sites (tertiary alicyclic amines) is 1. The van der Waals surface area contributed by atoms with Crippen LogP contribution >= 0.6 is 0 Å². The van der Waals surface area contributed by atoms with Crippen LogP contribution < -0.4 is 0 Å². The maximum atomic E-state index is 9.83. The number of hydrogen-bond donors (Lipinski definition) is 2. The summed E-state index contributed by atoms with van der Waals surface area (Å²) in [7, 11) is 0. The Morgan fingerprint density at radius 2 is 1.93 bits per heavy atom. The molecule has 82 valence electrons. The first-order valence-corrected chi connectivity index (χ1v) is 5.87. The largest absolute Gasteiger partial charge is 0.395 e. The van der Waals surface area contributed by atoms with E-state index in [9.17, 15) is 10.2 Å². The van der Waals surface area contributed by atoms with Crippen molar-refractivity contribution in [1.82, 2.24) is 4.90 Å². The van der Waals surface area contributed by atoms with Gasteiger partial charge in [-0.1, -0.05) is 6.42 Å². The first-order chi connectivity index (χ1) is 6.83. The van der Waals surface area contributed by atoms with Gasteiger partial charge in [0.05, 0.1) is 12.7 Å². The molecule has 1 saturated heterocycles. The van der Waals surface area contributed by atoms with Crippen LogP contribution in [0, 0.1) is 0 Å². The summed E-state index contributed by atoms with van der Waals surface area (Å²) < 4.78 is 0. The van der Waals surface area contributed by atoms with Gasteiger partial charge in [0.15, 0.2) is 0 Å². The molecule has 0 radical (unpaired) electrons. The van der Waals surface area contributed by atoms with Crippen LogP contribution in [-0.4, -0.2) is 46.5 Å². The normalized spacial score (nSPS) is 40.3. The number of rotatable bonds is 2. The molecule has 0 aromatic rings. The molecule has 3 nitrogen and oxygen atoms in total. The molecule has 3 heteroatoms. The van der Waals surface area contributed by atoms with Gasteiger partial charge in [-0.15, -0.1) is 0 Å². The average Bonchev–Trinajstić information content (AvgIpc) is 2.64. The molecule has 0 amide bonds. The number of hydrogen-bond acceptors (Lipinski definition) is 3. The van der Waals surface area contributed by atoms with Gasteiger partial charge in [-0.3, -0.25) is 4.90 Å². The third kappa shape index (κ3) is 1.95. The van der Waals surface area contributed by atoms with E-state index in [4.69, 9.17) is 0 Å². The van der Waals surface area contributed by atoms with Gasteiger partial charge in [0.1, 0.15) is 0 Å². The maximum Gasteiger partial charge on any atom is 0.0695 e. The van der Waals surface area contributed by atoms with Crippen molar-refractivity contribution in [3.8, 4) is 0 Å². The van der Waals surface area contributed by atoms with Crippen LogP contribution in [0.15, 0.2) is 0 Å². The predicted octanol–water partition coefficient (Wildman–Crippen LogP) is 0.747. The zero-order chi connectivity index (χ0) is 9.97. The van der Waals surface area contributed by atoms with Crippen LogP contribution in [0.5, 0.6) is 0 Å². The standard InChI is InChI=1S/C11H21NO2/c13-8-9-4-1-2-7-12(9)10-5-3-6-11(10)14/h9-11,13-14H,1-8H2/t9?,10-,11-/m0/s1. The molecule has 2 rings (SSSR count). The van der Waals surface area contributed by atoms with Crippen LogP contribution in [0.1, 0.15) is 38.5 Å². The molecular formula is C11H21NO2. The Morgan fingerprint density at radius 3 is 2.57 bits per heavy atom. The Balaban J connectivity index is 1.99. The second-order valence-electron chi connectivity index (χ2n) is 4.64. The van der Waals surface area contributed by atoms with E-state index < -0.39 is 0 Å². The molecule has 1 aliphatic heterocycles. The van der Waals surface area contributed by atoms with Gasteiger partial charge in [0, 0.05) is 12.1 Å². The smallest absolute Gasteiger partial charge is 0.0695 e. The van der Waals surface area contributed by atoms with E-state index in [2.05, 4.69) is 4.90 Å². The summed E-state index contributed by atoms with van der Waals surface area (Å²) >= 11 is 0. The van der Waals surface area contributed by atoms with Crippen molar-refractivity contribution < 1.29 is 10.2 Å². The molecule has 0 bridgehead atoms. The molecule has 2 fully saturated rings. The van der Waals surface area contributed by atoms with E-state index in [0.29, 0.717) is 12.1 Å². The van der Waals surface area contributed by atoms with Crippen LogP contribution in [-0.2, 0) is 0 Å². The lowest BCUT2D eigenvalue weighted by molar-refractivity contribution is 0.00499. The molecule has 1 aliphatic carbocycles. The highest BCUT2D eigenvalue weighted by Crippen LogP contribution is 2.29. The molecule has 0 aromatic heterocycles.